The minimum Gasteiger partial charge on any atom is -0.457 e. The third kappa shape index (κ3) is 24.3. The van der Waals surface area contributed by atoms with Crippen molar-refractivity contribution in [1.82, 2.24) is 0 Å². The van der Waals surface area contributed by atoms with Crippen molar-refractivity contribution in [2.75, 3.05) is 33.0 Å². The molecule has 11 unspecified atom stereocenters. The molecule has 0 amide bonds. The number of esters is 1. The monoisotopic (exact) mass is 885 g/mol. The van der Waals surface area contributed by atoms with Gasteiger partial charge in [0.05, 0.1) is 26.4 Å². The second-order valence-corrected chi connectivity index (χ2v) is 16.5. The summed E-state index contributed by atoms with van der Waals surface area (Å²) in [6.07, 6.45) is 23.2. The van der Waals surface area contributed by atoms with E-state index < -0.39 is 86.7 Å². The normalized spacial score (nSPS) is 27.6. The van der Waals surface area contributed by atoms with Gasteiger partial charge in [-0.05, 0) is 70.6 Å². The molecule has 2 rings (SSSR count). The number of carbonyl (C=O) groups is 1. The zero-order valence-corrected chi connectivity index (χ0v) is 37.8. The van der Waals surface area contributed by atoms with Crippen LogP contribution in [0.3, 0.4) is 0 Å². The zero-order chi connectivity index (χ0) is 45.2. The summed E-state index contributed by atoms with van der Waals surface area (Å²) in [4.78, 5) is 12.9. The van der Waals surface area contributed by atoms with Crippen LogP contribution in [-0.4, -0.2) is 142 Å². The third-order valence-electron chi connectivity index (χ3n) is 11.1. The first-order valence-electron chi connectivity index (χ1n) is 23.7. The molecule has 2 heterocycles. The van der Waals surface area contributed by atoms with Gasteiger partial charge in [0.1, 0.15) is 54.9 Å². The van der Waals surface area contributed by atoms with Crippen LogP contribution in [0.2, 0.25) is 0 Å². The number of unbranched alkanes of at least 4 members (excludes halogenated alkanes) is 14. The summed E-state index contributed by atoms with van der Waals surface area (Å²) < 4.78 is 34.2. The fourth-order valence-electron chi connectivity index (χ4n) is 7.17. The quantitative estimate of drug-likeness (QED) is 0.0218. The summed E-state index contributed by atoms with van der Waals surface area (Å²) in [7, 11) is 0. The van der Waals surface area contributed by atoms with Crippen LogP contribution < -0.4 is 0 Å². The van der Waals surface area contributed by atoms with Crippen molar-refractivity contribution in [2.24, 2.45) is 0 Å². The molecule has 2 aliphatic rings. The molecule has 0 spiro atoms. The Kier molecular flexibility index (Phi) is 32.7. The Morgan fingerprint density at radius 3 is 1.66 bits per heavy atom. The average Bonchev–Trinajstić information content (AvgIpc) is 3.27. The number of allylic oxidation sites excluding steroid dienone is 8. The third-order valence-corrected chi connectivity index (χ3v) is 11.1. The molecular weight excluding hydrogens is 801 g/mol. The smallest absolute Gasteiger partial charge is 0.306 e. The van der Waals surface area contributed by atoms with E-state index in [9.17, 15) is 40.5 Å². The number of rotatable bonds is 36. The topological polar surface area (TPSA) is 214 Å². The van der Waals surface area contributed by atoms with Crippen molar-refractivity contribution < 1.29 is 69.0 Å². The molecule has 0 bridgehead atoms. The Hall–Kier alpha value is -2.05. The van der Waals surface area contributed by atoms with Gasteiger partial charge in [0.15, 0.2) is 12.6 Å². The van der Waals surface area contributed by atoms with Crippen LogP contribution in [0, 0.1) is 0 Å². The molecular formula is C48H84O14. The zero-order valence-electron chi connectivity index (χ0n) is 37.8. The number of aliphatic hydroxyl groups is 7. The van der Waals surface area contributed by atoms with Crippen LogP contribution in [0.5, 0.6) is 0 Å². The first kappa shape index (κ1) is 56.1. The van der Waals surface area contributed by atoms with Crippen molar-refractivity contribution in [1.29, 1.82) is 0 Å². The average molecular weight is 885 g/mol. The number of hydrogen-bond donors (Lipinski definition) is 7. The van der Waals surface area contributed by atoms with Gasteiger partial charge in [-0.15, -0.1) is 0 Å². The molecule has 14 nitrogen and oxygen atoms in total. The molecule has 14 heteroatoms. The van der Waals surface area contributed by atoms with E-state index in [1.165, 1.54) is 32.1 Å². The molecule has 0 aromatic rings. The van der Waals surface area contributed by atoms with Crippen LogP contribution in [0.1, 0.15) is 149 Å². The van der Waals surface area contributed by atoms with E-state index in [0.29, 0.717) is 13.0 Å². The molecule has 360 valence electrons. The Bertz CT molecular complexity index is 1210. The Morgan fingerprint density at radius 1 is 0.548 bits per heavy atom. The molecule has 0 aromatic heterocycles. The van der Waals surface area contributed by atoms with Gasteiger partial charge in [-0.25, -0.2) is 0 Å². The molecule has 2 fully saturated rings. The molecule has 11 atom stereocenters. The molecule has 0 aromatic carbocycles. The summed E-state index contributed by atoms with van der Waals surface area (Å²) in [6.45, 7) is 3.49. The lowest BCUT2D eigenvalue weighted by Crippen LogP contribution is -2.61. The van der Waals surface area contributed by atoms with E-state index in [1.807, 2.05) is 0 Å². The van der Waals surface area contributed by atoms with Crippen LogP contribution >= 0.6 is 0 Å². The van der Waals surface area contributed by atoms with Crippen molar-refractivity contribution in [3.05, 3.63) is 48.6 Å². The van der Waals surface area contributed by atoms with Crippen molar-refractivity contribution in [3.63, 3.8) is 0 Å². The van der Waals surface area contributed by atoms with Gasteiger partial charge >= 0.3 is 5.97 Å². The summed E-state index contributed by atoms with van der Waals surface area (Å²) in [5.74, 6) is -0.394. The second-order valence-electron chi connectivity index (χ2n) is 16.5. The van der Waals surface area contributed by atoms with Gasteiger partial charge in [0, 0.05) is 13.0 Å². The predicted octanol–water partition coefficient (Wildman–Crippen LogP) is 6.01. The highest BCUT2D eigenvalue weighted by Crippen LogP contribution is 2.26. The predicted molar refractivity (Wildman–Crippen MR) is 238 cm³/mol. The minimum absolute atomic E-state index is 0.0479. The molecule has 0 radical (unpaired) electrons. The Morgan fingerprint density at radius 2 is 1.05 bits per heavy atom. The highest BCUT2D eigenvalue weighted by molar-refractivity contribution is 5.69. The number of ether oxygens (including phenoxy) is 6. The van der Waals surface area contributed by atoms with Crippen LogP contribution in [0.4, 0.5) is 0 Å². The lowest BCUT2D eigenvalue weighted by atomic mass is 9.98. The first-order valence-corrected chi connectivity index (χ1v) is 23.7. The highest BCUT2D eigenvalue weighted by Gasteiger charge is 2.47. The number of aliphatic hydroxyl groups excluding tert-OH is 7. The fourth-order valence-corrected chi connectivity index (χ4v) is 7.17. The van der Waals surface area contributed by atoms with Gasteiger partial charge < -0.3 is 64.2 Å². The maximum atomic E-state index is 12.9. The van der Waals surface area contributed by atoms with Crippen molar-refractivity contribution in [2.45, 2.75) is 216 Å². The molecule has 0 aliphatic carbocycles. The lowest BCUT2D eigenvalue weighted by Gasteiger charge is -2.42. The SMILES string of the molecule is CC/C=C\C/C=C\C/C=C\CCCCCCCCOCC(COC1OC(COC2OC(CO)C(O)C(O)C2O)C(O)C(O)C1O)OC(=O)CCCCCCC/C=C\CCCCC. The minimum atomic E-state index is -1.71. The Labute approximate surface area is 372 Å². The van der Waals surface area contributed by atoms with E-state index >= 15 is 0 Å². The molecule has 0 saturated carbocycles. The van der Waals surface area contributed by atoms with Crippen LogP contribution in [0.15, 0.2) is 48.6 Å². The maximum Gasteiger partial charge on any atom is 0.306 e. The van der Waals surface area contributed by atoms with E-state index in [0.717, 1.165) is 89.9 Å². The number of hydrogen-bond acceptors (Lipinski definition) is 14. The standard InChI is InChI=1S/C48H84O14/c1-3-5-7-9-11-13-15-17-18-19-20-22-24-26-28-30-32-57-34-37(60-40(50)31-29-27-25-23-21-16-14-12-10-8-6-4-2)35-58-47-46(56)44(54)42(52)39(62-47)36-59-48-45(55)43(53)41(51)38(33-49)61-48/h5,7,11-14,17-18,37-39,41-49,51-56H,3-4,6,8-10,15-16,19-36H2,1-2H3/b7-5-,13-11-,14-12-,18-17-. The Balaban J connectivity index is 1.81. The van der Waals surface area contributed by atoms with E-state index in [-0.39, 0.29) is 19.6 Å². The van der Waals surface area contributed by atoms with Crippen molar-refractivity contribution >= 4 is 5.97 Å². The van der Waals surface area contributed by atoms with Gasteiger partial charge in [0.25, 0.3) is 0 Å². The highest BCUT2D eigenvalue weighted by atomic mass is 16.7. The summed E-state index contributed by atoms with van der Waals surface area (Å²) in [5.41, 5.74) is 0. The maximum absolute atomic E-state index is 12.9. The molecule has 2 aliphatic heterocycles. The fraction of sp³-hybridized carbons (Fsp3) is 0.812. The van der Waals surface area contributed by atoms with Gasteiger partial charge in [0.2, 0.25) is 0 Å². The first-order chi connectivity index (χ1) is 30.1. The van der Waals surface area contributed by atoms with Gasteiger partial charge in [-0.1, -0.05) is 120 Å². The second kappa shape index (κ2) is 36.2. The van der Waals surface area contributed by atoms with E-state index in [2.05, 4.69) is 62.5 Å². The molecule has 62 heavy (non-hydrogen) atoms. The largest absolute Gasteiger partial charge is 0.457 e. The van der Waals surface area contributed by atoms with Gasteiger partial charge in [-0.3, -0.25) is 4.79 Å². The van der Waals surface area contributed by atoms with Gasteiger partial charge in [-0.2, -0.15) is 0 Å². The van der Waals surface area contributed by atoms with E-state index in [1.54, 1.807) is 0 Å². The molecule has 2 saturated heterocycles. The molecule has 7 N–H and O–H groups in total. The van der Waals surface area contributed by atoms with Crippen LogP contribution in [-0.2, 0) is 33.2 Å². The lowest BCUT2D eigenvalue weighted by molar-refractivity contribution is -0.332. The summed E-state index contributed by atoms with van der Waals surface area (Å²) in [6, 6.07) is 0. The summed E-state index contributed by atoms with van der Waals surface area (Å²) in [5, 5.41) is 71.9. The van der Waals surface area contributed by atoms with E-state index in [4.69, 9.17) is 28.4 Å². The number of carbonyl (C=O) groups excluding carboxylic acids is 1. The van der Waals surface area contributed by atoms with Crippen LogP contribution in [0.25, 0.3) is 0 Å². The summed E-state index contributed by atoms with van der Waals surface area (Å²) >= 11 is 0. The van der Waals surface area contributed by atoms with Crippen molar-refractivity contribution in [3.8, 4) is 0 Å².